The first kappa shape index (κ1) is 13.6. The SMILES string of the molecule is Cn1nc(C2CCCC2)nc1[C@H](O)c1ccccc1Cl. The Morgan fingerprint density at radius 3 is 2.70 bits per heavy atom. The molecule has 1 saturated carbocycles. The largest absolute Gasteiger partial charge is 0.380 e. The van der Waals surface area contributed by atoms with Crippen LogP contribution in [-0.4, -0.2) is 19.9 Å². The molecule has 0 radical (unpaired) electrons. The van der Waals surface area contributed by atoms with E-state index in [1.54, 1.807) is 10.7 Å². The average molecular weight is 292 g/mol. The third-order valence-corrected chi connectivity index (χ3v) is 4.32. The van der Waals surface area contributed by atoms with Crippen LogP contribution in [0.15, 0.2) is 24.3 Å². The first-order chi connectivity index (χ1) is 9.66. The maximum absolute atomic E-state index is 10.5. The fourth-order valence-electron chi connectivity index (χ4n) is 2.85. The van der Waals surface area contributed by atoms with E-state index in [-0.39, 0.29) is 0 Å². The lowest BCUT2D eigenvalue weighted by molar-refractivity contribution is 0.204. The van der Waals surface area contributed by atoms with Crippen LogP contribution in [0, 0.1) is 0 Å². The van der Waals surface area contributed by atoms with E-state index in [2.05, 4.69) is 10.1 Å². The summed E-state index contributed by atoms with van der Waals surface area (Å²) in [5.41, 5.74) is 0.669. The third kappa shape index (κ3) is 2.45. The minimum atomic E-state index is -0.837. The fraction of sp³-hybridized carbons (Fsp3) is 0.467. The summed E-state index contributed by atoms with van der Waals surface area (Å²) in [5.74, 6) is 1.85. The van der Waals surface area contributed by atoms with Gasteiger partial charge in [0.05, 0.1) is 0 Å². The minimum Gasteiger partial charge on any atom is -0.380 e. The highest BCUT2D eigenvalue weighted by molar-refractivity contribution is 6.31. The van der Waals surface area contributed by atoms with Crippen molar-refractivity contribution in [3.05, 3.63) is 46.5 Å². The van der Waals surface area contributed by atoms with Gasteiger partial charge in [-0.15, -0.1) is 0 Å². The maximum atomic E-state index is 10.5. The van der Waals surface area contributed by atoms with Gasteiger partial charge in [-0.05, 0) is 18.9 Å². The molecule has 0 unspecified atom stereocenters. The molecule has 1 aliphatic rings. The molecule has 0 aliphatic heterocycles. The Hall–Kier alpha value is -1.39. The molecule has 0 bridgehead atoms. The van der Waals surface area contributed by atoms with E-state index < -0.39 is 6.10 Å². The Kier molecular flexibility index (Phi) is 3.76. The van der Waals surface area contributed by atoms with E-state index in [0.29, 0.717) is 22.3 Å². The van der Waals surface area contributed by atoms with Gasteiger partial charge < -0.3 is 5.11 Å². The number of hydrogen-bond donors (Lipinski definition) is 1. The zero-order valence-electron chi connectivity index (χ0n) is 11.5. The zero-order valence-corrected chi connectivity index (χ0v) is 12.2. The molecule has 106 valence electrons. The highest BCUT2D eigenvalue weighted by atomic mass is 35.5. The third-order valence-electron chi connectivity index (χ3n) is 3.98. The van der Waals surface area contributed by atoms with Crippen molar-refractivity contribution in [1.29, 1.82) is 0 Å². The summed E-state index contributed by atoms with van der Waals surface area (Å²) in [4.78, 5) is 4.55. The molecule has 1 heterocycles. The number of halogens is 1. The lowest BCUT2D eigenvalue weighted by atomic mass is 10.1. The van der Waals surface area contributed by atoms with Crippen molar-refractivity contribution in [3.8, 4) is 0 Å². The van der Waals surface area contributed by atoms with Crippen LogP contribution in [0.2, 0.25) is 5.02 Å². The fourth-order valence-corrected chi connectivity index (χ4v) is 3.09. The van der Waals surface area contributed by atoms with Gasteiger partial charge in [-0.2, -0.15) is 5.10 Å². The number of aromatic nitrogens is 3. The van der Waals surface area contributed by atoms with Crippen LogP contribution in [-0.2, 0) is 7.05 Å². The van der Waals surface area contributed by atoms with Crippen LogP contribution in [0.5, 0.6) is 0 Å². The van der Waals surface area contributed by atoms with E-state index in [9.17, 15) is 5.11 Å². The van der Waals surface area contributed by atoms with Crippen molar-refractivity contribution in [1.82, 2.24) is 14.8 Å². The quantitative estimate of drug-likeness (QED) is 0.945. The molecule has 5 heteroatoms. The van der Waals surface area contributed by atoms with Gasteiger partial charge in [-0.25, -0.2) is 4.98 Å². The van der Waals surface area contributed by atoms with Gasteiger partial charge in [0.15, 0.2) is 11.6 Å². The molecule has 1 aliphatic carbocycles. The van der Waals surface area contributed by atoms with E-state index in [1.807, 2.05) is 25.2 Å². The summed E-state index contributed by atoms with van der Waals surface area (Å²) in [6.07, 6.45) is 3.94. The molecule has 1 atom stereocenters. The Morgan fingerprint density at radius 2 is 2.00 bits per heavy atom. The Labute approximate surface area is 123 Å². The van der Waals surface area contributed by atoms with Gasteiger partial charge in [0, 0.05) is 23.6 Å². The van der Waals surface area contributed by atoms with Crippen LogP contribution in [0.25, 0.3) is 0 Å². The number of aryl methyl sites for hydroxylation is 1. The van der Waals surface area contributed by atoms with Gasteiger partial charge >= 0.3 is 0 Å². The molecule has 0 spiro atoms. The van der Waals surface area contributed by atoms with Crippen molar-refractivity contribution in [3.63, 3.8) is 0 Å². The van der Waals surface area contributed by atoms with Crippen molar-refractivity contribution < 1.29 is 5.11 Å². The second-order valence-electron chi connectivity index (χ2n) is 5.36. The minimum absolute atomic E-state index is 0.438. The molecule has 0 saturated heterocycles. The summed E-state index contributed by atoms with van der Waals surface area (Å²) in [5, 5.41) is 15.5. The monoisotopic (exact) mass is 291 g/mol. The van der Waals surface area contributed by atoms with Crippen molar-refractivity contribution in [2.45, 2.75) is 37.7 Å². The van der Waals surface area contributed by atoms with E-state index in [4.69, 9.17) is 11.6 Å². The molecular formula is C15H18ClN3O. The van der Waals surface area contributed by atoms with Gasteiger partial charge in [0.25, 0.3) is 0 Å². The zero-order chi connectivity index (χ0) is 14.1. The average Bonchev–Trinajstić information content (AvgIpc) is 3.07. The van der Waals surface area contributed by atoms with Gasteiger partial charge in [-0.3, -0.25) is 4.68 Å². The second-order valence-corrected chi connectivity index (χ2v) is 5.76. The molecule has 3 rings (SSSR count). The van der Waals surface area contributed by atoms with Crippen LogP contribution in [0.4, 0.5) is 0 Å². The van der Waals surface area contributed by atoms with Gasteiger partial charge in [0.1, 0.15) is 6.10 Å². The molecule has 1 fully saturated rings. The highest BCUT2D eigenvalue weighted by Crippen LogP contribution is 2.33. The van der Waals surface area contributed by atoms with E-state index in [1.165, 1.54) is 12.8 Å². The maximum Gasteiger partial charge on any atom is 0.160 e. The van der Waals surface area contributed by atoms with Crippen molar-refractivity contribution in [2.75, 3.05) is 0 Å². The second kappa shape index (κ2) is 5.54. The summed E-state index contributed by atoms with van der Waals surface area (Å²) < 4.78 is 1.67. The van der Waals surface area contributed by atoms with Crippen LogP contribution >= 0.6 is 11.6 Å². The van der Waals surface area contributed by atoms with Crippen LogP contribution in [0.1, 0.15) is 54.9 Å². The number of aliphatic hydroxyl groups is 1. The molecule has 20 heavy (non-hydrogen) atoms. The number of aliphatic hydroxyl groups excluding tert-OH is 1. The van der Waals surface area contributed by atoms with Crippen molar-refractivity contribution in [2.24, 2.45) is 7.05 Å². The number of benzene rings is 1. The smallest absolute Gasteiger partial charge is 0.160 e. The summed E-state index contributed by atoms with van der Waals surface area (Å²) in [6, 6.07) is 7.29. The highest BCUT2D eigenvalue weighted by Gasteiger charge is 2.25. The molecule has 1 aromatic heterocycles. The Morgan fingerprint density at radius 1 is 1.30 bits per heavy atom. The first-order valence-corrected chi connectivity index (χ1v) is 7.38. The summed E-state index contributed by atoms with van der Waals surface area (Å²) >= 11 is 6.14. The van der Waals surface area contributed by atoms with Gasteiger partial charge in [0.2, 0.25) is 0 Å². The standard InChI is InChI=1S/C15H18ClN3O/c1-19-15(13(20)11-8-4-5-9-12(11)16)17-14(18-19)10-6-2-3-7-10/h4-5,8-10,13,20H,2-3,6-7H2,1H3/t13-/m1/s1. The summed E-state index contributed by atoms with van der Waals surface area (Å²) in [6.45, 7) is 0. The van der Waals surface area contributed by atoms with Crippen molar-refractivity contribution >= 4 is 11.6 Å². The van der Waals surface area contributed by atoms with Crippen LogP contribution in [0.3, 0.4) is 0 Å². The predicted molar refractivity (Wildman–Crippen MR) is 77.7 cm³/mol. The number of rotatable bonds is 3. The molecule has 1 N–H and O–H groups in total. The molecule has 0 amide bonds. The lowest BCUT2D eigenvalue weighted by Gasteiger charge is -2.11. The van der Waals surface area contributed by atoms with Crippen LogP contribution < -0.4 is 0 Å². The molecule has 2 aromatic rings. The predicted octanol–water partition coefficient (Wildman–Crippen LogP) is 3.21. The molecular weight excluding hydrogens is 274 g/mol. The number of hydrogen-bond acceptors (Lipinski definition) is 3. The topological polar surface area (TPSA) is 50.9 Å². The normalized spacial score (nSPS) is 17.6. The molecule has 4 nitrogen and oxygen atoms in total. The molecule has 1 aromatic carbocycles. The summed E-state index contributed by atoms with van der Waals surface area (Å²) in [7, 11) is 1.82. The Balaban J connectivity index is 1.92. The lowest BCUT2D eigenvalue weighted by Crippen LogP contribution is -2.08. The Bertz CT molecular complexity index is 605. The van der Waals surface area contributed by atoms with E-state index >= 15 is 0 Å². The van der Waals surface area contributed by atoms with Gasteiger partial charge in [-0.1, -0.05) is 42.6 Å². The van der Waals surface area contributed by atoms with E-state index in [0.717, 1.165) is 18.7 Å². The first-order valence-electron chi connectivity index (χ1n) is 7.00. The number of nitrogens with zero attached hydrogens (tertiary/aromatic N) is 3.